The Kier molecular flexibility index (Phi) is 5.63. The van der Waals surface area contributed by atoms with Gasteiger partial charge in [-0.1, -0.05) is 44.2 Å². The maximum atomic E-state index is 12.7. The molecule has 27 heavy (non-hydrogen) atoms. The number of hydrogen-bond donors (Lipinski definition) is 0. The van der Waals surface area contributed by atoms with Crippen molar-refractivity contribution in [2.75, 3.05) is 20.1 Å². The largest absolute Gasteiger partial charge is 0.442 e. The van der Waals surface area contributed by atoms with Crippen molar-refractivity contribution in [3.05, 3.63) is 42.0 Å². The van der Waals surface area contributed by atoms with Crippen LogP contribution >= 0.6 is 0 Å². The van der Waals surface area contributed by atoms with E-state index in [4.69, 9.17) is 9.40 Å². The average Bonchev–Trinajstić information content (AvgIpc) is 3.29. The molecule has 0 bridgehead atoms. The molecule has 1 fully saturated rings. The minimum Gasteiger partial charge on any atom is -0.442 e. The van der Waals surface area contributed by atoms with E-state index < -0.39 is 0 Å². The number of carbonyl (C=O) groups excluding carboxylic acids is 2. The molecule has 0 aliphatic carbocycles. The van der Waals surface area contributed by atoms with Gasteiger partial charge in [0.05, 0.1) is 6.54 Å². The van der Waals surface area contributed by atoms with Crippen molar-refractivity contribution in [2.45, 2.75) is 45.6 Å². The fourth-order valence-electron chi connectivity index (χ4n) is 3.41. The maximum Gasteiger partial charge on any atom is 0.242 e. The smallest absolute Gasteiger partial charge is 0.242 e. The zero-order chi connectivity index (χ0) is 19.6. The summed E-state index contributed by atoms with van der Waals surface area (Å²) in [5.74, 6) is 1.44. The number of carbonyl (C=O) groups is 2. The number of likely N-dealkylation sites (N-methyl/N-ethyl adjacent to an activating group) is 1. The van der Waals surface area contributed by atoms with Crippen LogP contribution in [0.25, 0.3) is 11.3 Å². The van der Waals surface area contributed by atoms with Crippen LogP contribution in [-0.2, 0) is 9.59 Å². The summed E-state index contributed by atoms with van der Waals surface area (Å²) in [6, 6.07) is 9.81. The lowest BCUT2D eigenvalue weighted by atomic mass is 10.0. The summed E-state index contributed by atoms with van der Waals surface area (Å²) in [5.41, 5.74) is 1.86. The second-order valence-corrected chi connectivity index (χ2v) is 7.41. The van der Waals surface area contributed by atoms with Crippen LogP contribution in [-0.4, -0.2) is 46.7 Å². The first kappa shape index (κ1) is 19.1. The first-order valence-corrected chi connectivity index (χ1v) is 9.45. The predicted molar refractivity (Wildman–Crippen MR) is 103 cm³/mol. The number of rotatable bonds is 5. The lowest BCUT2D eigenvalue weighted by Crippen LogP contribution is -2.40. The summed E-state index contributed by atoms with van der Waals surface area (Å²) in [4.78, 5) is 32.2. The molecule has 1 aromatic heterocycles. The summed E-state index contributed by atoms with van der Waals surface area (Å²) in [7, 11) is 1.64. The number of aromatic nitrogens is 1. The molecular formula is C21H27N3O3. The van der Waals surface area contributed by atoms with Gasteiger partial charge >= 0.3 is 0 Å². The molecule has 1 aliphatic rings. The topological polar surface area (TPSA) is 66.7 Å². The van der Waals surface area contributed by atoms with Crippen molar-refractivity contribution in [1.29, 1.82) is 0 Å². The lowest BCUT2D eigenvalue weighted by Gasteiger charge is -2.25. The van der Waals surface area contributed by atoms with Crippen LogP contribution in [0.4, 0.5) is 0 Å². The SMILES string of the molecule is CC(=O)N(C)CC(=O)N1CCCC1c1nc(-c2ccccc2)c(C(C)C)o1. The third-order valence-electron chi connectivity index (χ3n) is 5.01. The van der Waals surface area contributed by atoms with Crippen molar-refractivity contribution >= 4 is 11.8 Å². The molecule has 1 unspecified atom stereocenters. The summed E-state index contributed by atoms with van der Waals surface area (Å²) in [6.07, 6.45) is 1.72. The second kappa shape index (κ2) is 7.94. The van der Waals surface area contributed by atoms with Crippen molar-refractivity contribution in [3.63, 3.8) is 0 Å². The Labute approximate surface area is 160 Å². The Bertz CT molecular complexity index is 813. The van der Waals surface area contributed by atoms with Crippen molar-refractivity contribution in [2.24, 2.45) is 0 Å². The van der Waals surface area contributed by atoms with Crippen LogP contribution in [0.2, 0.25) is 0 Å². The lowest BCUT2D eigenvalue weighted by molar-refractivity contribution is -0.139. The predicted octanol–water partition coefficient (Wildman–Crippen LogP) is 3.61. The Morgan fingerprint density at radius 1 is 1.30 bits per heavy atom. The molecule has 6 heteroatoms. The van der Waals surface area contributed by atoms with Gasteiger partial charge in [-0.15, -0.1) is 0 Å². The normalized spacial score (nSPS) is 16.8. The van der Waals surface area contributed by atoms with E-state index >= 15 is 0 Å². The molecule has 0 saturated carbocycles. The maximum absolute atomic E-state index is 12.7. The monoisotopic (exact) mass is 369 g/mol. The highest BCUT2D eigenvalue weighted by Crippen LogP contribution is 2.37. The van der Waals surface area contributed by atoms with Gasteiger partial charge in [-0.05, 0) is 12.8 Å². The third kappa shape index (κ3) is 4.04. The number of benzene rings is 1. The highest BCUT2D eigenvalue weighted by atomic mass is 16.4. The zero-order valence-electron chi connectivity index (χ0n) is 16.4. The van der Waals surface area contributed by atoms with Crippen LogP contribution in [0.5, 0.6) is 0 Å². The van der Waals surface area contributed by atoms with E-state index in [-0.39, 0.29) is 30.3 Å². The standard InChI is InChI=1S/C21H27N3O3/c1-14(2)20-19(16-9-6-5-7-10-16)22-21(27-20)17-11-8-12-24(17)18(26)13-23(4)15(3)25/h5-7,9-10,14,17H,8,11-13H2,1-4H3. The fourth-order valence-corrected chi connectivity index (χ4v) is 3.41. The van der Waals surface area contributed by atoms with E-state index in [1.165, 1.54) is 11.8 Å². The van der Waals surface area contributed by atoms with Crippen LogP contribution in [0.3, 0.4) is 0 Å². The highest BCUT2D eigenvalue weighted by Gasteiger charge is 2.35. The molecule has 3 rings (SSSR count). The van der Waals surface area contributed by atoms with Gasteiger partial charge in [-0.2, -0.15) is 0 Å². The number of hydrogen-bond acceptors (Lipinski definition) is 4. The van der Waals surface area contributed by atoms with E-state index in [1.807, 2.05) is 30.3 Å². The van der Waals surface area contributed by atoms with Crippen molar-refractivity contribution in [1.82, 2.24) is 14.8 Å². The Hall–Kier alpha value is -2.63. The molecule has 1 aromatic carbocycles. The van der Waals surface area contributed by atoms with E-state index in [1.54, 1.807) is 11.9 Å². The zero-order valence-corrected chi connectivity index (χ0v) is 16.4. The number of nitrogens with zero attached hydrogens (tertiary/aromatic N) is 3. The Morgan fingerprint density at radius 3 is 2.63 bits per heavy atom. The first-order valence-electron chi connectivity index (χ1n) is 9.45. The van der Waals surface area contributed by atoms with Gasteiger partial charge in [0.2, 0.25) is 17.7 Å². The van der Waals surface area contributed by atoms with E-state index in [2.05, 4.69) is 13.8 Å². The molecule has 0 N–H and O–H groups in total. The van der Waals surface area contributed by atoms with E-state index in [9.17, 15) is 9.59 Å². The molecule has 1 saturated heterocycles. The third-order valence-corrected chi connectivity index (χ3v) is 5.01. The van der Waals surface area contributed by atoms with Gasteiger partial charge < -0.3 is 14.2 Å². The van der Waals surface area contributed by atoms with Gasteiger partial charge in [0.25, 0.3) is 0 Å². The van der Waals surface area contributed by atoms with E-state index in [0.717, 1.165) is 29.9 Å². The molecule has 6 nitrogen and oxygen atoms in total. The summed E-state index contributed by atoms with van der Waals surface area (Å²) in [6.45, 7) is 6.36. The van der Waals surface area contributed by atoms with Crippen LogP contribution in [0.1, 0.15) is 57.2 Å². The van der Waals surface area contributed by atoms with Crippen LogP contribution in [0.15, 0.2) is 34.7 Å². The summed E-state index contributed by atoms with van der Waals surface area (Å²) >= 11 is 0. The number of likely N-dealkylation sites (tertiary alicyclic amines) is 1. The van der Waals surface area contributed by atoms with Gasteiger partial charge in [-0.25, -0.2) is 4.98 Å². The van der Waals surface area contributed by atoms with Crippen LogP contribution in [0, 0.1) is 0 Å². The van der Waals surface area contributed by atoms with Crippen LogP contribution < -0.4 is 0 Å². The molecule has 2 heterocycles. The van der Waals surface area contributed by atoms with Gasteiger partial charge in [0.15, 0.2) is 0 Å². The molecule has 2 aromatic rings. The molecule has 0 spiro atoms. The molecular weight excluding hydrogens is 342 g/mol. The van der Waals surface area contributed by atoms with Gasteiger partial charge in [-0.3, -0.25) is 9.59 Å². The van der Waals surface area contributed by atoms with Crippen molar-refractivity contribution in [3.8, 4) is 11.3 Å². The molecule has 1 aliphatic heterocycles. The number of amides is 2. The second-order valence-electron chi connectivity index (χ2n) is 7.41. The Morgan fingerprint density at radius 2 is 2.00 bits per heavy atom. The number of oxazole rings is 1. The van der Waals surface area contributed by atoms with Crippen molar-refractivity contribution < 1.29 is 14.0 Å². The molecule has 2 amide bonds. The fraction of sp³-hybridized carbons (Fsp3) is 0.476. The average molecular weight is 369 g/mol. The summed E-state index contributed by atoms with van der Waals surface area (Å²) < 4.78 is 6.16. The minimum atomic E-state index is -0.173. The van der Waals surface area contributed by atoms with Gasteiger partial charge in [0, 0.05) is 32.0 Å². The quantitative estimate of drug-likeness (QED) is 0.807. The molecule has 1 atom stereocenters. The minimum absolute atomic E-state index is 0.0687. The van der Waals surface area contributed by atoms with E-state index in [0.29, 0.717) is 12.4 Å². The highest BCUT2D eigenvalue weighted by molar-refractivity contribution is 5.84. The molecule has 0 radical (unpaired) electrons. The van der Waals surface area contributed by atoms with Gasteiger partial charge in [0.1, 0.15) is 17.5 Å². The first-order chi connectivity index (χ1) is 12.9. The molecule has 144 valence electrons. The summed E-state index contributed by atoms with van der Waals surface area (Å²) in [5, 5.41) is 0. The Balaban J connectivity index is 1.89.